The number of aliphatic hydroxyl groups is 2. The van der Waals surface area contributed by atoms with E-state index in [-0.39, 0.29) is 12.8 Å². The third kappa shape index (κ3) is 16.1. The number of carboxylic acid groups (broad SMARTS) is 1. The maximum Gasteiger partial charge on any atom is 0.309 e. The lowest BCUT2D eigenvalue weighted by molar-refractivity contribution is -0.154. The molecule has 2 atom stereocenters. The molecule has 3 N–H and O–H groups in total. The van der Waals surface area contributed by atoms with Crippen molar-refractivity contribution in [1.82, 2.24) is 0 Å². The van der Waals surface area contributed by atoms with Gasteiger partial charge in [-0.05, 0) is 33.1 Å². The van der Waals surface area contributed by atoms with Crippen LogP contribution in [-0.4, -0.2) is 33.5 Å². The van der Waals surface area contributed by atoms with Gasteiger partial charge in [0.1, 0.15) is 0 Å². The smallest absolute Gasteiger partial charge is 0.309 e. The molecular weight excluding hydrogens is 376 g/mol. The second-order valence-corrected chi connectivity index (χ2v) is 9.75. The lowest BCUT2D eigenvalue weighted by Crippen LogP contribution is -2.37. The van der Waals surface area contributed by atoms with E-state index < -0.39 is 23.6 Å². The predicted molar refractivity (Wildman–Crippen MR) is 127 cm³/mol. The van der Waals surface area contributed by atoms with Crippen molar-refractivity contribution >= 4 is 5.97 Å². The number of carbonyl (C=O) groups is 1. The van der Waals surface area contributed by atoms with E-state index in [1.807, 2.05) is 0 Å². The van der Waals surface area contributed by atoms with E-state index in [0.717, 1.165) is 19.3 Å². The summed E-state index contributed by atoms with van der Waals surface area (Å²) in [5.74, 6) is -0.884. The van der Waals surface area contributed by atoms with Crippen LogP contribution in [0.4, 0.5) is 0 Å². The van der Waals surface area contributed by atoms with Crippen molar-refractivity contribution < 1.29 is 20.1 Å². The molecule has 0 aromatic rings. The molecule has 0 saturated carbocycles. The Morgan fingerprint density at radius 2 is 0.933 bits per heavy atom. The van der Waals surface area contributed by atoms with Crippen molar-refractivity contribution in [2.24, 2.45) is 5.41 Å². The standard InChI is InChI=1S/C26H52O4/c1-4-5-6-7-8-9-10-11-12-13-14-15-16-17-18-19-20-26(25(29)30,21-23(2)27)22-24(3)28/h23-24,27-28H,4-22H2,1-3H3,(H,29,30). The van der Waals surface area contributed by atoms with Gasteiger partial charge in [0, 0.05) is 0 Å². The van der Waals surface area contributed by atoms with Crippen LogP contribution >= 0.6 is 0 Å². The first-order valence-electron chi connectivity index (χ1n) is 12.9. The molecule has 0 aliphatic rings. The molecule has 2 unspecified atom stereocenters. The zero-order valence-electron chi connectivity index (χ0n) is 20.3. The minimum absolute atomic E-state index is 0.214. The fraction of sp³-hybridized carbons (Fsp3) is 0.962. The summed E-state index contributed by atoms with van der Waals surface area (Å²) in [5, 5.41) is 29.2. The Hall–Kier alpha value is -0.610. The van der Waals surface area contributed by atoms with E-state index >= 15 is 0 Å². The summed E-state index contributed by atoms with van der Waals surface area (Å²) in [5.41, 5.74) is -1.00. The van der Waals surface area contributed by atoms with Gasteiger partial charge in [-0.3, -0.25) is 4.79 Å². The molecule has 4 nitrogen and oxygen atoms in total. The molecule has 30 heavy (non-hydrogen) atoms. The quantitative estimate of drug-likeness (QED) is 0.159. The van der Waals surface area contributed by atoms with Crippen LogP contribution in [0.1, 0.15) is 143 Å². The molecule has 0 fully saturated rings. The predicted octanol–water partition coefficient (Wildman–Crippen LogP) is 7.25. The molecule has 0 radical (unpaired) electrons. The highest BCUT2D eigenvalue weighted by Crippen LogP contribution is 2.36. The van der Waals surface area contributed by atoms with Crippen molar-refractivity contribution in [3.8, 4) is 0 Å². The van der Waals surface area contributed by atoms with Crippen molar-refractivity contribution in [3.05, 3.63) is 0 Å². The SMILES string of the molecule is CCCCCCCCCCCCCCCCCCC(CC(C)O)(CC(C)O)C(=O)O. The molecule has 0 aromatic heterocycles. The van der Waals surface area contributed by atoms with Gasteiger partial charge in [-0.1, -0.05) is 110 Å². The molecule has 0 aliphatic heterocycles. The highest BCUT2D eigenvalue weighted by atomic mass is 16.4. The maximum absolute atomic E-state index is 11.9. The summed E-state index contributed by atoms with van der Waals surface area (Å²) in [4.78, 5) is 11.9. The number of hydrogen-bond acceptors (Lipinski definition) is 3. The molecule has 4 heteroatoms. The average Bonchev–Trinajstić information content (AvgIpc) is 2.66. The third-order valence-electron chi connectivity index (χ3n) is 6.33. The van der Waals surface area contributed by atoms with Crippen molar-refractivity contribution in [2.45, 2.75) is 155 Å². The Bertz CT molecular complexity index is 382. The molecule has 0 bridgehead atoms. The normalized spacial score (nSPS) is 15.6. The molecule has 0 amide bonds. The highest BCUT2D eigenvalue weighted by molar-refractivity contribution is 5.74. The van der Waals surface area contributed by atoms with Gasteiger partial charge in [-0.2, -0.15) is 0 Å². The zero-order valence-corrected chi connectivity index (χ0v) is 20.3. The van der Waals surface area contributed by atoms with Crippen molar-refractivity contribution in [1.29, 1.82) is 0 Å². The summed E-state index contributed by atoms with van der Waals surface area (Å²) in [6.45, 7) is 5.53. The highest BCUT2D eigenvalue weighted by Gasteiger charge is 2.39. The molecule has 0 spiro atoms. The van der Waals surface area contributed by atoms with Crippen molar-refractivity contribution in [2.75, 3.05) is 0 Å². The third-order valence-corrected chi connectivity index (χ3v) is 6.33. The van der Waals surface area contributed by atoms with Gasteiger partial charge >= 0.3 is 5.97 Å². The van der Waals surface area contributed by atoms with E-state index in [1.54, 1.807) is 13.8 Å². The second-order valence-electron chi connectivity index (χ2n) is 9.75. The molecule has 0 rings (SSSR count). The number of unbranched alkanes of at least 4 members (excludes halogenated alkanes) is 15. The Kier molecular flexibility index (Phi) is 18.7. The summed E-state index contributed by atoms with van der Waals surface area (Å²) in [7, 11) is 0. The van der Waals surface area contributed by atoms with E-state index in [1.165, 1.54) is 83.5 Å². The number of aliphatic carboxylic acids is 1. The molecule has 180 valence electrons. The minimum Gasteiger partial charge on any atom is -0.481 e. The Labute approximate surface area is 186 Å². The van der Waals surface area contributed by atoms with Gasteiger partial charge in [0.2, 0.25) is 0 Å². The van der Waals surface area contributed by atoms with Gasteiger partial charge in [0.15, 0.2) is 0 Å². The summed E-state index contributed by atoms with van der Waals surface area (Å²) < 4.78 is 0. The minimum atomic E-state index is -1.00. The monoisotopic (exact) mass is 428 g/mol. The lowest BCUT2D eigenvalue weighted by Gasteiger charge is -2.32. The molecule has 0 aliphatic carbocycles. The van der Waals surface area contributed by atoms with Gasteiger partial charge in [0.25, 0.3) is 0 Å². The topological polar surface area (TPSA) is 77.8 Å². The van der Waals surface area contributed by atoms with E-state index in [9.17, 15) is 20.1 Å². The van der Waals surface area contributed by atoms with Crippen LogP contribution in [0.15, 0.2) is 0 Å². The van der Waals surface area contributed by atoms with Gasteiger partial charge in [-0.25, -0.2) is 0 Å². The fourth-order valence-electron chi connectivity index (χ4n) is 4.71. The first kappa shape index (κ1) is 29.4. The number of rotatable bonds is 22. The summed E-state index contributed by atoms with van der Waals surface area (Å²) in [6, 6.07) is 0. The fourth-order valence-corrected chi connectivity index (χ4v) is 4.71. The molecule has 0 aromatic carbocycles. The van der Waals surface area contributed by atoms with Crippen LogP contribution in [0.25, 0.3) is 0 Å². The summed E-state index contributed by atoms with van der Waals surface area (Å²) in [6.07, 6.45) is 20.4. The zero-order chi connectivity index (χ0) is 22.7. The molecule has 0 heterocycles. The van der Waals surface area contributed by atoms with Crippen LogP contribution in [0.5, 0.6) is 0 Å². The Morgan fingerprint density at radius 1 is 0.633 bits per heavy atom. The van der Waals surface area contributed by atoms with Gasteiger partial charge in [-0.15, -0.1) is 0 Å². The maximum atomic E-state index is 11.9. The average molecular weight is 429 g/mol. The van der Waals surface area contributed by atoms with Crippen LogP contribution in [-0.2, 0) is 4.79 Å². The van der Waals surface area contributed by atoms with E-state index in [4.69, 9.17) is 0 Å². The van der Waals surface area contributed by atoms with Crippen LogP contribution in [0, 0.1) is 5.41 Å². The van der Waals surface area contributed by atoms with Gasteiger partial charge in [0.05, 0.1) is 17.6 Å². The first-order valence-corrected chi connectivity index (χ1v) is 12.9. The number of aliphatic hydroxyl groups excluding tert-OH is 2. The summed E-state index contributed by atoms with van der Waals surface area (Å²) >= 11 is 0. The second kappa shape index (κ2) is 19.1. The lowest BCUT2D eigenvalue weighted by atomic mass is 9.74. The Balaban J connectivity index is 3.71. The largest absolute Gasteiger partial charge is 0.481 e. The number of hydrogen-bond donors (Lipinski definition) is 3. The molecular formula is C26H52O4. The van der Waals surface area contributed by atoms with Crippen LogP contribution in [0.2, 0.25) is 0 Å². The van der Waals surface area contributed by atoms with Gasteiger partial charge < -0.3 is 15.3 Å². The first-order chi connectivity index (χ1) is 14.3. The number of carboxylic acids is 1. The van der Waals surface area contributed by atoms with Crippen LogP contribution in [0.3, 0.4) is 0 Å². The van der Waals surface area contributed by atoms with Crippen molar-refractivity contribution in [3.63, 3.8) is 0 Å². The van der Waals surface area contributed by atoms with E-state index in [0.29, 0.717) is 6.42 Å². The van der Waals surface area contributed by atoms with E-state index in [2.05, 4.69) is 6.92 Å². The molecule has 0 saturated heterocycles. The van der Waals surface area contributed by atoms with Crippen LogP contribution < -0.4 is 0 Å². The Morgan fingerprint density at radius 3 is 1.20 bits per heavy atom.